The zero-order valence-electron chi connectivity index (χ0n) is 12.8. The number of ether oxygens (including phenoxy) is 3. The van der Waals surface area contributed by atoms with Crippen LogP contribution in [-0.2, 0) is 12.8 Å². The number of methoxy groups -OCH3 is 1. The van der Waals surface area contributed by atoms with Gasteiger partial charge in [-0.2, -0.15) is 0 Å². The maximum Gasteiger partial charge on any atom is 0.231 e. The van der Waals surface area contributed by atoms with Gasteiger partial charge in [0.2, 0.25) is 6.79 Å². The maximum absolute atomic E-state index is 10.4. The third-order valence-electron chi connectivity index (χ3n) is 5.02. The first kappa shape index (κ1) is 13.1. The number of hydrogen-bond acceptors (Lipinski definition) is 5. The number of phenolic OH excluding ortho intramolecular Hbond substituents is 1. The zero-order chi connectivity index (χ0) is 15.6. The summed E-state index contributed by atoms with van der Waals surface area (Å²) in [6.07, 6.45) is 1.80. The van der Waals surface area contributed by atoms with E-state index >= 15 is 0 Å². The number of benzene rings is 2. The average Bonchev–Trinajstić information content (AvgIpc) is 3.03. The van der Waals surface area contributed by atoms with Crippen LogP contribution in [0.4, 0.5) is 0 Å². The molecule has 23 heavy (non-hydrogen) atoms. The summed E-state index contributed by atoms with van der Waals surface area (Å²) < 4.78 is 16.8. The molecule has 1 aliphatic carbocycles. The molecule has 0 fully saturated rings. The summed E-state index contributed by atoms with van der Waals surface area (Å²) in [5.41, 5.74) is 5.55. The van der Waals surface area contributed by atoms with Crippen molar-refractivity contribution in [1.29, 1.82) is 0 Å². The van der Waals surface area contributed by atoms with E-state index in [-0.39, 0.29) is 18.6 Å². The smallest absolute Gasteiger partial charge is 0.231 e. The van der Waals surface area contributed by atoms with E-state index in [2.05, 4.69) is 11.4 Å². The van der Waals surface area contributed by atoms with Gasteiger partial charge in [-0.3, -0.25) is 0 Å². The lowest BCUT2D eigenvalue weighted by molar-refractivity contribution is 0.174. The van der Waals surface area contributed by atoms with E-state index in [0.29, 0.717) is 5.75 Å². The van der Waals surface area contributed by atoms with E-state index in [0.717, 1.165) is 42.0 Å². The normalized spacial score (nSPS) is 20.0. The van der Waals surface area contributed by atoms with E-state index in [4.69, 9.17) is 14.2 Å². The molecule has 0 bridgehead atoms. The lowest BCUT2D eigenvalue weighted by Crippen LogP contribution is -2.33. The Bertz CT molecular complexity index is 831. The largest absolute Gasteiger partial charge is 0.504 e. The molecule has 5 heteroatoms. The number of phenols is 1. The fraction of sp³-hybridized carbons (Fsp3) is 0.333. The van der Waals surface area contributed by atoms with Crippen LogP contribution in [0.15, 0.2) is 18.2 Å². The second-order valence-corrected chi connectivity index (χ2v) is 6.17. The Balaban J connectivity index is 1.90. The van der Waals surface area contributed by atoms with Crippen molar-refractivity contribution in [1.82, 2.24) is 5.32 Å². The van der Waals surface area contributed by atoms with Crippen molar-refractivity contribution in [3.05, 3.63) is 34.9 Å². The number of aromatic hydroxyl groups is 1. The third kappa shape index (κ3) is 1.65. The first-order valence-corrected chi connectivity index (χ1v) is 7.86. The van der Waals surface area contributed by atoms with Gasteiger partial charge in [-0.15, -0.1) is 0 Å². The highest BCUT2D eigenvalue weighted by Crippen LogP contribution is 2.55. The molecule has 2 N–H and O–H groups in total. The molecule has 2 aromatic rings. The fourth-order valence-electron chi connectivity index (χ4n) is 4.11. The van der Waals surface area contributed by atoms with Gasteiger partial charge in [0.1, 0.15) is 0 Å². The fourth-order valence-corrected chi connectivity index (χ4v) is 4.11. The van der Waals surface area contributed by atoms with Crippen molar-refractivity contribution in [2.45, 2.75) is 18.9 Å². The molecular weight excluding hydrogens is 294 g/mol. The Morgan fingerprint density at radius 2 is 2.13 bits per heavy atom. The van der Waals surface area contributed by atoms with E-state index in [1.165, 1.54) is 16.7 Å². The Hall–Kier alpha value is -2.40. The quantitative estimate of drug-likeness (QED) is 0.847. The molecule has 0 amide bonds. The summed E-state index contributed by atoms with van der Waals surface area (Å²) in [6.45, 7) is 1.15. The van der Waals surface area contributed by atoms with Gasteiger partial charge in [0.25, 0.3) is 0 Å². The van der Waals surface area contributed by atoms with E-state index in [1.54, 1.807) is 7.11 Å². The molecule has 0 aromatic heterocycles. The lowest BCUT2D eigenvalue weighted by Gasteiger charge is -2.35. The van der Waals surface area contributed by atoms with Crippen LogP contribution in [0.5, 0.6) is 23.0 Å². The second-order valence-electron chi connectivity index (χ2n) is 6.17. The highest BCUT2D eigenvalue weighted by atomic mass is 16.7. The van der Waals surface area contributed by atoms with E-state index in [1.807, 2.05) is 12.1 Å². The Kier molecular flexibility index (Phi) is 2.59. The van der Waals surface area contributed by atoms with E-state index < -0.39 is 0 Å². The number of rotatable bonds is 1. The summed E-state index contributed by atoms with van der Waals surface area (Å²) in [7, 11) is 1.60. The number of nitrogens with one attached hydrogen (secondary N) is 1. The Morgan fingerprint density at radius 3 is 3.00 bits per heavy atom. The van der Waals surface area contributed by atoms with Crippen LogP contribution in [0, 0.1) is 0 Å². The molecule has 1 unspecified atom stereocenters. The van der Waals surface area contributed by atoms with E-state index in [9.17, 15) is 5.11 Å². The lowest BCUT2D eigenvalue weighted by atomic mass is 9.77. The first-order valence-electron chi connectivity index (χ1n) is 7.86. The van der Waals surface area contributed by atoms with Crippen molar-refractivity contribution in [3.8, 4) is 34.1 Å². The Labute approximate surface area is 133 Å². The summed E-state index contributed by atoms with van der Waals surface area (Å²) >= 11 is 0. The maximum atomic E-state index is 10.4. The molecule has 0 spiro atoms. The van der Waals surface area contributed by atoms with Crippen LogP contribution in [-0.4, -0.2) is 25.6 Å². The van der Waals surface area contributed by atoms with Crippen LogP contribution in [0.1, 0.15) is 22.7 Å². The first-order chi connectivity index (χ1) is 11.3. The zero-order valence-corrected chi connectivity index (χ0v) is 12.8. The molecule has 2 aliphatic heterocycles. The summed E-state index contributed by atoms with van der Waals surface area (Å²) in [5.74, 6) is 2.22. The van der Waals surface area contributed by atoms with Crippen molar-refractivity contribution < 1.29 is 19.3 Å². The molecule has 1 atom stereocenters. The molecular formula is C18H17NO4. The minimum atomic E-state index is 0.186. The average molecular weight is 311 g/mol. The SMILES string of the molecule is COc1c(O)cc2c3c1-c1c(ccc4c1OCO4)CC3NCC2. The van der Waals surface area contributed by atoms with Crippen LogP contribution >= 0.6 is 0 Å². The van der Waals surface area contributed by atoms with Crippen LogP contribution in [0.3, 0.4) is 0 Å². The van der Waals surface area contributed by atoms with Crippen molar-refractivity contribution in [2.24, 2.45) is 0 Å². The van der Waals surface area contributed by atoms with Gasteiger partial charge in [0.15, 0.2) is 23.0 Å². The summed E-state index contributed by atoms with van der Waals surface area (Å²) in [6, 6.07) is 6.14. The predicted molar refractivity (Wildman–Crippen MR) is 84.4 cm³/mol. The van der Waals surface area contributed by atoms with Crippen molar-refractivity contribution in [3.63, 3.8) is 0 Å². The van der Waals surface area contributed by atoms with Gasteiger partial charge in [0.05, 0.1) is 7.11 Å². The molecule has 2 heterocycles. The topological polar surface area (TPSA) is 60.0 Å². The predicted octanol–water partition coefficient (Wildman–Crippen LogP) is 2.54. The van der Waals surface area contributed by atoms with Crippen molar-refractivity contribution >= 4 is 0 Å². The molecule has 5 rings (SSSR count). The Morgan fingerprint density at radius 1 is 1.22 bits per heavy atom. The summed E-state index contributed by atoms with van der Waals surface area (Å²) in [4.78, 5) is 0. The molecule has 3 aliphatic rings. The molecule has 0 saturated carbocycles. The number of hydrogen-bond donors (Lipinski definition) is 2. The molecule has 118 valence electrons. The molecule has 0 radical (unpaired) electrons. The van der Waals surface area contributed by atoms with Gasteiger partial charge in [0, 0.05) is 17.2 Å². The summed E-state index contributed by atoms with van der Waals surface area (Å²) in [5, 5.41) is 14.0. The van der Waals surface area contributed by atoms with Crippen LogP contribution in [0.25, 0.3) is 11.1 Å². The molecule has 0 saturated heterocycles. The van der Waals surface area contributed by atoms with Gasteiger partial charge in [-0.25, -0.2) is 0 Å². The second kappa shape index (κ2) is 4.55. The van der Waals surface area contributed by atoms with Gasteiger partial charge >= 0.3 is 0 Å². The monoisotopic (exact) mass is 311 g/mol. The minimum absolute atomic E-state index is 0.186. The third-order valence-corrected chi connectivity index (χ3v) is 5.02. The van der Waals surface area contributed by atoms with Gasteiger partial charge < -0.3 is 24.6 Å². The molecule has 5 nitrogen and oxygen atoms in total. The van der Waals surface area contributed by atoms with Crippen molar-refractivity contribution in [2.75, 3.05) is 20.4 Å². The highest BCUT2D eigenvalue weighted by molar-refractivity contribution is 5.88. The van der Waals surface area contributed by atoms with Gasteiger partial charge in [-0.1, -0.05) is 6.07 Å². The van der Waals surface area contributed by atoms with Gasteiger partial charge in [-0.05, 0) is 48.2 Å². The molecule has 2 aromatic carbocycles. The number of fused-ring (bicyclic) bond motifs is 4. The van der Waals surface area contributed by atoms with Crippen LogP contribution < -0.4 is 19.5 Å². The highest BCUT2D eigenvalue weighted by Gasteiger charge is 2.36. The standard InChI is InChI=1S/C18H17NO4/c1-21-17-12(20)7-10-4-5-19-11-6-9-2-3-13-18(23-8-22-13)15(9)16(17)14(10)11/h2-3,7,11,19-20H,4-6,8H2,1H3. The van der Waals surface area contributed by atoms with Crippen LogP contribution in [0.2, 0.25) is 0 Å². The minimum Gasteiger partial charge on any atom is -0.504 e.